The lowest BCUT2D eigenvalue weighted by atomic mass is 10.6. The summed E-state index contributed by atoms with van der Waals surface area (Å²) in [5.74, 6) is 0.889. The van der Waals surface area contributed by atoms with E-state index in [1.165, 1.54) is 16.7 Å². The minimum atomic E-state index is 0.203. The highest BCUT2D eigenvalue weighted by Crippen LogP contribution is 2.25. The van der Waals surface area contributed by atoms with Gasteiger partial charge in [0, 0.05) is 11.8 Å². The molecule has 0 radical (unpaired) electrons. The molecule has 0 saturated carbocycles. The number of hydrogen-bond acceptors (Lipinski definition) is 3. The molecule has 0 saturated heterocycles. The molecule has 0 aliphatic carbocycles. The average molecular weight is 146 g/mol. The first-order valence-corrected chi connectivity index (χ1v) is 4.45. The predicted molar refractivity (Wildman–Crippen MR) is 39.1 cm³/mol. The van der Waals surface area contributed by atoms with Crippen LogP contribution in [0.5, 0.6) is 0 Å². The number of thioether (sulfide) groups is 2. The van der Waals surface area contributed by atoms with Gasteiger partial charge in [0.25, 0.3) is 0 Å². The van der Waals surface area contributed by atoms with E-state index in [9.17, 15) is 4.79 Å². The van der Waals surface area contributed by atoms with Crippen LogP contribution in [0.25, 0.3) is 0 Å². The van der Waals surface area contributed by atoms with Crippen LogP contribution in [0.1, 0.15) is 0 Å². The lowest BCUT2D eigenvalue weighted by Gasteiger charge is -1.86. The molecule has 0 aromatic carbocycles. The normalized spacial score (nSPS) is 19.1. The summed E-state index contributed by atoms with van der Waals surface area (Å²) in [6.07, 6.45) is 3.69. The van der Waals surface area contributed by atoms with Crippen LogP contribution in [-0.4, -0.2) is 17.1 Å². The maximum atomic E-state index is 10.5. The first kappa shape index (κ1) is 6.23. The van der Waals surface area contributed by atoms with Crippen molar-refractivity contribution in [2.45, 2.75) is 0 Å². The molecule has 1 nitrogen and oxygen atoms in total. The fourth-order valence-corrected chi connectivity index (χ4v) is 2.02. The second kappa shape index (κ2) is 2.60. The molecule has 44 valence electrons. The average Bonchev–Trinajstić information content (AvgIpc) is 2.14. The van der Waals surface area contributed by atoms with E-state index in [0.717, 1.165) is 5.75 Å². The van der Waals surface area contributed by atoms with Crippen LogP contribution in [0.4, 0.5) is 0 Å². The van der Waals surface area contributed by atoms with E-state index in [4.69, 9.17) is 0 Å². The zero-order chi connectivity index (χ0) is 5.98. The van der Waals surface area contributed by atoms with Crippen molar-refractivity contribution in [3.63, 3.8) is 0 Å². The van der Waals surface area contributed by atoms with Gasteiger partial charge in [-0.3, -0.25) is 4.79 Å². The molecule has 1 aliphatic rings. The molecule has 1 heterocycles. The topological polar surface area (TPSA) is 17.1 Å². The van der Waals surface area contributed by atoms with Gasteiger partial charge >= 0.3 is 0 Å². The molecular formula is C5H6OS2. The fourth-order valence-electron chi connectivity index (χ4n) is 0.475. The van der Waals surface area contributed by atoms with E-state index in [-0.39, 0.29) is 5.12 Å². The molecule has 0 aromatic rings. The third-order valence-corrected chi connectivity index (χ3v) is 2.72. The molecule has 3 heteroatoms. The Morgan fingerprint density at radius 2 is 2.62 bits per heavy atom. The van der Waals surface area contributed by atoms with Gasteiger partial charge in [-0.2, -0.15) is 0 Å². The van der Waals surface area contributed by atoms with Crippen LogP contribution < -0.4 is 0 Å². The van der Waals surface area contributed by atoms with Gasteiger partial charge < -0.3 is 0 Å². The Kier molecular flexibility index (Phi) is 2.02. The molecule has 8 heavy (non-hydrogen) atoms. The van der Waals surface area contributed by atoms with Crippen LogP contribution in [-0.2, 0) is 4.79 Å². The molecular weight excluding hydrogens is 140 g/mol. The lowest BCUT2D eigenvalue weighted by molar-refractivity contribution is -0.106. The molecule has 0 N–H and O–H groups in total. The third kappa shape index (κ3) is 1.29. The molecule has 1 aliphatic heterocycles. The van der Waals surface area contributed by atoms with Crippen LogP contribution in [0, 0.1) is 0 Å². The van der Waals surface area contributed by atoms with E-state index >= 15 is 0 Å². The molecule has 0 aromatic heterocycles. The van der Waals surface area contributed by atoms with Crippen LogP contribution in [0.3, 0.4) is 0 Å². The zero-order valence-electron chi connectivity index (χ0n) is 4.51. The van der Waals surface area contributed by atoms with E-state index in [1.807, 2.05) is 6.26 Å². The summed E-state index contributed by atoms with van der Waals surface area (Å²) in [6, 6.07) is 0. The Balaban J connectivity index is 2.57. The van der Waals surface area contributed by atoms with Crippen molar-refractivity contribution in [3.05, 3.63) is 11.0 Å². The van der Waals surface area contributed by atoms with Crippen LogP contribution in [0.2, 0.25) is 0 Å². The van der Waals surface area contributed by atoms with Gasteiger partial charge in [0.15, 0.2) is 0 Å². The Morgan fingerprint density at radius 1 is 1.88 bits per heavy atom. The Hall–Kier alpha value is 0.110. The Bertz CT molecular complexity index is 139. The van der Waals surface area contributed by atoms with E-state index in [0.29, 0.717) is 0 Å². The van der Waals surface area contributed by atoms with Crippen LogP contribution >= 0.6 is 23.5 Å². The van der Waals surface area contributed by atoms with Gasteiger partial charge in [0.2, 0.25) is 5.12 Å². The molecule has 0 unspecified atom stereocenters. The highest BCUT2D eigenvalue weighted by Gasteiger charge is 2.10. The first-order valence-electron chi connectivity index (χ1n) is 2.24. The smallest absolute Gasteiger partial charge is 0.213 e. The number of carbonyl (C=O) groups excluding carboxylic acids is 1. The van der Waals surface area contributed by atoms with Gasteiger partial charge in [-0.05, 0) is 11.2 Å². The number of hydrogen-bond donors (Lipinski definition) is 0. The molecule has 0 atom stereocenters. The van der Waals surface area contributed by atoms with Crippen LogP contribution in [0.15, 0.2) is 11.0 Å². The largest absolute Gasteiger partial charge is 0.282 e. The Labute approximate surface area is 56.9 Å². The van der Waals surface area contributed by atoms with Crippen molar-refractivity contribution < 1.29 is 4.79 Å². The molecule has 0 bridgehead atoms. The van der Waals surface area contributed by atoms with E-state index in [1.54, 1.807) is 17.8 Å². The highest BCUT2D eigenvalue weighted by molar-refractivity contribution is 8.16. The summed E-state index contributed by atoms with van der Waals surface area (Å²) in [6.45, 7) is 0. The number of carbonyl (C=O) groups is 1. The second-order valence-corrected chi connectivity index (χ2v) is 3.33. The molecule has 0 spiro atoms. The van der Waals surface area contributed by atoms with Crippen molar-refractivity contribution in [2.24, 2.45) is 0 Å². The maximum Gasteiger partial charge on any atom is 0.213 e. The van der Waals surface area contributed by atoms with Crippen molar-refractivity contribution >= 4 is 28.6 Å². The standard InChI is InChI=1S/C5H6OS2/c1-7-4-2-5(6)8-3-4/h2H,3H2,1H3. The van der Waals surface area contributed by atoms with Gasteiger partial charge in [0.1, 0.15) is 0 Å². The summed E-state index contributed by atoms with van der Waals surface area (Å²) in [4.78, 5) is 11.7. The summed E-state index contributed by atoms with van der Waals surface area (Å²) < 4.78 is 0. The van der Waals surface area contributed by atoms with E-state index < -0.39 is 0 Å². The molecule has 1 rings (SSSR count). The highest BCUT2D eigenvalue weighted by atomic mass is 32.2. The SMILES string of the molecule is CSC1=CC(=O)SC1. The van der Waals surface area contributed by atoms with Gasteiger partial charge in [-0.15, -0.1) is 11.8 Å². The van der Waals surface area contributed by atoms with Crippen molar-refractivity contribution in [2.75, 3.05) is 12.0 Å². The fraction of sp³-hybridized carbons (Fsp3) is 0.400. The zero-order valence-corrected chi connectivity index (χ0v) is 6.14. The maximum absolute atomic E-state index is 10.5. The molecule has 0 amide bonds. The first-order chi connectivity index (χ1) is 3.83. The summed E-state index contributed by atoms with van der Waals surface area (Å²) in [7, 11) is 0. The van der Waals surface area contributed by atoms with Crippen molar-refractivity contribution in [1.82, 2.24) is 0 Å². The van der Waals surface area contributed by atoms with Gasteiger partial charge in [0.05, 0.1) is 0 Å². The monoisotopic (exact) mass is 146 g/mol. The van der Waals surface area contributed by atoms with Crippen molar-refractivity contribution in [3.8, 4) is 0 Å². The second-order valence-electron chi connectivity index (χ2n) is 1.42. The lowest BCUT2D eigenvalue weighted by Crippen LogP contribution is -1.72. The Morgan fingerprint density at radius 3 is 2.88 bits per heavy atom. The van der Waals surface area contributed by atoms with E-state index in [2.05, 4.69) is 0 Å². The quantitative estimate of drug-likeness (QED) is 0.558. The molecule has 0 fully saturated rings. The number of rotatable bonds is 1. The minimum absolute atomic E-state index is 0.203. The van der Waals surface area contributed by atoms with Crippen molar-refractivity contribution in [1.29, 1.82) is 0 Å². The summed E-state index contributed by atoms with van der Waals surface area (Å²) in [5, 5.41) is 0.203. The van der Waals surface area contributed by atoms with Gasteiger partial charge in [-0.25, -0.2) is 0 Å². The summed E-state index contributed by atoms with van der Waals surface area (Å²) in [5.41, 5.74) is 0. The summed E-state index contributed by atoms with van der Waals surface area (Å²) >= 11 is 3.03. The minimum Gasteiger partial charge on any atom is -0.282 e. The third-order valence-electron chi connectivity index (χ3n) is 0.898. The predicted octanol–water partition coefficient (Wildman–Crippen LogP) is 1.51. The van der Waals surface area contributed by atoms with Gasteiger partial charge in [-0.1, -0.05) is 11.8 Å².